The molecule has 1 unspecified atom stereocenters. The van der Waals surface area contributed by atoms with E-state index in [1.807, 2.05) is 6.92 Å². The van der Waals surface area contributed by atoms with Gasteiger partial charge >= 0.3 is 0 Å². The van der Waals surface area contributed by atoms with Crippen LogP contribution in [0.3, 0.4) is 0 Å². The minimum absolute atomic E-state index is 0.124. The van der Waals surface area contributed by atoms with E-state index in [2.05, 4.69) is 15.3 Å². The van der Waals surface area contributed by atoms with Crippen molar-refractivity contribution in [3.8, 4) is 0 Å². The molecular formula is C11H17N3O2S. The predicted molar refractivity (Wildman–Crippen MR) is 68.9 cm³/mol. The molecule has 1 aliphatic rings. The van der Waals surface area contributed by atoms with Gasteiger partial charge in [-0.1, -0.05) is 6.92 Å². The van der Waals surface area contributed by atoms with Gasteiger partial charge in [-0.2, -0.15) is 0 Å². The Morgan fingerprint density at radius 3 is 3.00 bits per heavy atom. The average Bonchev–Trinajstić information content (AvgIpc) is 3.12. The zero-order chi connectivity index (χ0) is 12.3. The lowest BCUT2D eigenvalue weighted by Gasteiger charge is -2.06. The van der Waals surface area contributed by atoms with Crippen LogP contribution in [0.1, 0.15) is 31.5 Å². The van der Waals surface area contributed by atoms with Crippen molar-refractivity contribution in [2.24, 2.45) is 0 Å². The summed E-state index contributed by atoms with van der Waals surface area (Å²) in [6.45, 7) is 2.48. The summed E-state index contributed by atoms with van der Waals surface area (Å²) in [6.07, 6.45) is 2.21. The quantitative estimate of drug-likeness (QED) is 0.789. The van der Waals surface area contributed by atoms with Gasteiger partial charge in [0, 0.05) is 40.8 Å². The number of H-pyrrole nitrogens is 1. The maximum absolute atomic E-state index is 11.4. The van der Waals surface area contributed by atoms with Crippen molar-refractivity contribution in [1.29, 1.82) is 0 Å². The molecule has 2 N–H and O–H groups in total. The molecule has 1 saturated carbocycles. The van der Waals surface area contributed by atoms with Crippen LogP contribution in [-0.4, -0.2) is 32.2 Å². The Morgan fingerprint density at radius 2 is 2.35 bits per heavy atom. The third kappa shape index (κ3) is 3.66. The highest BCUT2D eigenvalue weighted by atomic mass is 32.2. The van der Waals surface area contributed by atoms with Gasteiger partial charge in [0.25, 0.3) is 5.56 Å². The highest BCUT2D eigenvalue weighted by Crippen LogP contribution is 2.37. The van der Waals surface area contributed by atoms with Crippen LogP contribution in [0.5, 0.6) is 0 Å². The summed E-state index contributed by atoms with van der Waals surface area (Å²) < 4.78 is 11.2. The molecule has 0 aliphatic heterocycles. The number of rotatable bonds is 6. The third-order valence-electron chi connectivity index (χ3n) is 2.68. The summed E-state index contributed by atoms with van der Waals surface area (Å²) in [6, 6.07) is 1.45. The molecule has 17 heavy (non-hydrogen) atoms. The smallest absolute Gasteiger partial charge is 0.252 e. The van der Waals surface area contributed by atoms with Gasteiger partial charge in [-0.3, -0.25) is 9.00 Å². The molecule has 1 fully saturated rings. The first-order valence-electron chi connectivity index (χ1n) is 5.89. The summed E-state index contributed by atoms with van der Waals surface area (Å²) in [7, 11) is -0.784. The maximum atomic E-state index is 11.4. The van der Waals surface area contributed by atoms with Crippen molar-refractivity contribution in [2.75, 3.05) is 23.4 Å². The normalized spacial score (nSPS) is 16.8. The second-order valence-corrected chi connectivity index (χ2v) is 6.01. The molecule has 0 saturated heterocycles. The zero-order valence-corrected chi connectivity index (χ0v) is 10.7. The Morgan fingerprint density at radius 1 is 1.59 bits per heavy atom. The van der Waals surface area contributed by atoms with E-state index < -0.39 is 10.8 Å². The molecule has 6 heteroatoms. The van der Waals surface area contributed by atoms with Crippen molar-refractivity contribution in [3.63, 3.8) is 0 Å². The molecule has 0 amide bonds. The minimum atomic E-state index is -0.784. The predicted octanol–water partition coefficient (Wildman–Crippen LogP) is 0.828. The van der Waals surface area contributed by atoms with Crippen molar-refractivity contribution in [3.05, 3.63) is 22.2 Å². The van der Waals surface area contributed by atoms with Crippen LogP contribution in [-0.2, 0) is 10.8 Å². The number of nitrogens with zero attached hydrogens (tertiary/aromatic N) is 1. The second kappa shape index (κ2) is 5.44. The fraction of sp³-hybridized carbons (Fsp3) is 0.636. The number of nitrogens with one attached hydrogen (secondary N) is 2. The molecule has 1 atom stereocenters. The van der Waals surface area contributed by atoms with Crippen molar-refractivity contribution >= 4 is 16.6 Å². The molecule has 0 aromatic carbocycles. The van der Waals surface area contributed by atoms with E-state index in [1.165, 1.54) is 6.07 Å². The van der Waals surface area contributed by atoms with Crippen LogP contribution in [0.2, 0.25) is 0 Å². The summed E-state index contributed by atoms with van der Waals surface area (Å²) in [5.74, 6) is 3.04. The Bertz CT molecular complexity index is 468. The number of anilines is 1. The van der Waals surface area contributed by atoms with Crippen LogP contribution in [0.25, 0.3) is 0 Å². The SMILES string of the molecule is CCS(=O)CCNc1cc(=O)[nH]c(C2CC2)n1. The summed E-state index contributed by atoms with van der Waals surface area (Å²) in [5.41, 5.74) is -0.124. The molecule has 1 aromatic heterocycles. The monoisotopic (exact) mass is 255 g/mol. The van der Waals surface area contributed by atoms with Crippen LogP contribution in [0.4, 0.5) is 5.82 Å². The molecule has 1 aliphatic carbocycles. The van der Waals surface area contributed by atoms with Gasteiger partial charge < -0.3 is 10.3 Å². The van der Waals surface area contributed by atoms with E-state index >= 15 is 0 Å². The Kier molecular flexibility index (Phi) is 3.93. The summed E-state index contributed by atoms with van der Waals surface area (Å²) in [4.78, 5) is 18.5. The van der Waals surface area contributed by atoms with Gasteiger partial charge in [0.1, 0.15) is 11.6 Å². The average molecular weight is 255 g/mol. The van der Waals surface area contributed by atoms with Gasteiger partial charge in [-0.25, -0.2) is 4.98 Å². The van der Waals surface area contributed by atoms with Gasteiger partial charge in [0.05, 0.1) is 0 Å². The Hall–Kier alpha value is -1.17. The molecule has 0 bridgehead atoms. The lowest BCUT2D eigenvalue weighted by atomic mass is 10.4. The number of hydrogen-bond donors (Lipinski definition) is 2. The summed E-state index contributed by atoms with van der Waals surface area (Å²) in [5, 5.41) is 3.05. The van der Waals surface area contributed by atoms with E-state index in [1.54, 1.807) is 0 Å². The highest BCUT2D eigenvalue weighted by Gasteiger charge is 2.26. The lowest BCUT2D eigenvalue weighted by molar-refractivity contribution is 0.684. The fourth-order valence-electron chi connectivity index (χ4n) is 1.55. The summed E-state index contributed by atoms with van der Waals surface area (Å²) >= 11 is 0. The first kappa shape index (κ1) is 12.3. The first-order chi connectivity index (χ1) is 8.19. The standard InChI is InChI=1S/C11H17N3O2S/c1-2-17(16)6-5-12-9-7-10(15)14-11(13-9)8-3-4-8/h7-8H,2-6H2,1H3,(H2,12,13,14,15). The molecule has 0 spiro atoms. The van der Waals surface area contributed by atoms with Gasteiger partial charge in [-0.15, -0.1) is 0 Å². The first-order valence-corrected chi connectivity index (χ1v) is 7.38. The van der Waals surface area contributed by atoms with Crippen molar-refractivity contribution < 1.29 is 4.21 Å². The van der Waals surface area contributed by atoms with Crippen LogP contribution in [0, 0.1) is 0 Å². The Labute approximate surface area is 103 Å². The molecule has 5 nitrogen and oxygen atoms in total. The third-order valence-corrected chi connectivity index (χ3v) is 3.99. The maximum Gasteiger partial charge on any atom is 0.252 e. The van der Waals surface area contributed by atoms with Crippen LogP contribution >= 0.6 is 0 Å². The van der Waals surface area contributed by atoms with Crippen molar-refractivity contribution in [2.45, 2.75) is 25.7 Å². The van der Waals surface area contributed by atoms with E-state index in [0.29, 0.717) is 29.8 Å². The highest BCUT2D eigenvalue weighted by molar-refractivity contribution is 7.84. The minimum Gasteiger partial charge on any atom is -0.369 e. The van der Waals surface area contributed by atoms with Gasteiger partial charge in [0.15, 0.2) is 0 Å². The van der Waals surface area contributed by atoms with E-state index in [-0.39, 0.29) is 5.56 Å². The molecule has 0 radical (unpaired) electrons. The van der Waals surface area contributed by atoms with Crippen LogP contribution < -0.4 is 10.9 Å². The fourth-order valence-corrected chi connectivity index (χ4v) is 2.17. The van der Waals surface area contributed by atoms with Crippen molar-refractivity contribution in [1.82, 2.24) is 9.97 Å². The Balaban J connectivity index is 1.95. The second-order valence-electron chi connectivity index (χ2n) is 4.15. The molecule has 1 aromatic rings. The lowest BCUT2D eigenvalue weighted by Crippen LogP contribution is -2.17. The van der Waals surface area contributed by atoms with E-state index in [0.717, 1.165) is 18.7 Å². The number of hydrogen-bond acceptors (Lipinski definition) is 4. The number of aromatic amines is 1. The van der Waals surface area contributed by atoms with E-state index in [4.69, 9.17) is 0 Å². The van der Waals surface area contributed by atoms with Gasteiger partial charge in [-0.05, 0) is 12.8 Å². The molecule has 94 valence electrons. The molecule has 2 rings (SSSR count). The molecular weight excluding hydrogens is 238 g/mol. The van der Waals surface area contributed by atoms with Crippen LogP contribution in [0.15, 0.2) is 10.9 Å². The molecule has 1 heterocycles. The van der Waals surface area contributed by atoms with E-state index in [9.17, 15) is 9.00 Å². The zero-order valence-electron chi connectivity index (χ0n) is 9.86. The topological polar surface area (TPSA) is 74.8 Å². The number of aromatic nitrogens is 2. The van der Waals surface area contributed by atoms with Gasteiger partial charge in [0.2, 0.25) is 0 Å². The largest absolute Gasteiger partial charge is 0.369 e.